The van der Waals surface area contributed by atoms with Crippen LogP contribution >= 0.6 is 0 Å². The van der Waals surface area contributed by atoms with Crippen LogP contribution < -0.4 is 16.4 Å². The molecule has 1 saturated heterocycles. The highest BCUT2D eigenvalue weighted by molar-refractivity contribution is 5.96. The molecular weight excluding hydrogens is 622 g/mol. The number of benzene rings is 3. The van der Waals surface area contributed by atoms with Crippen LogP contribution in [0.4, 0.5) is 4.79 Å². The average molecular weight is 668 g/mol. The van der Waals surface area contributed by atoms with Crippen molar-refractivity contribution in [3.05, 3.63) is 108 Å². The first-order valence-electron chi connectivity index (χ1n) is 16.9. The van der Waals surface area contributed by atoms with Gasteiger partial charge >= 0.3 is 6.09 Å². The second kappa shape index (κ2) is 18.0. The summed E-state index contributed by atoms with van der Waals surface area (Å²) in [4.78, 5) is 59.3. The molecule has 1 aliphatic heterocycles. The number of hydrogen-bond donors (Lipinski definition) is 4. The van der Waals surface area contributed by atoms with Gasteiger partial charge in [0.1, 0.15) is 31.3 Å². The zero-order valence-corrected chi connectivity index (χ0v) is 27.6. The van der Waals surface area contributed by atoms with E-state index in [-0.39, 0.29) is 44.4 Å². The van der Waals surface area contributed by atoms with Gasteiger partial charge in [0, 0.05) is 36.5 Å². The SMILES string of the molecule is NCCCCCCN(C(=O)[C@H](Cc1ccccc1)NC(=O)[C@H](Cc1c[nH]c2ccccc12)NC(=O)OCc1ccccc1)C1COCC1=O. The van der Waals surface area contributed by atoms with Gasteiger partial charge in [-0.05, 0) is 42.1 Å². The first kappa shape index (κ1) is 35.3. The molecule has 11 nitrogen and oxygen atoms in total. The number of para-hydroxylation sites is 1. The van der Waals surface area contributed by atoms with Crippen LogP contribution in [0.3, 0.4) is 0 Å². The summed E-state index contributed by atoms with van der Waals surface area (Å²) in [6.45, 7) is 1.01. The number of aromatic nitrogens is 1. The van der Waals surface area contributed by atoms with Crippen molar-refractivity contribution < 1.29 is 28.7 Å². The highest BCUT2D eigenvalue weighted by atomic mass is 16.5. The number of H-pyrrole nitrogens is 1. The lowest BCUT2D eigenvalue weighted by Crippen LogP contribution is -2.58. The molecule has 0 radical (unpaired) electrons. The van der Waals surface area contributed by atoms with Gasteiger partial charge in [0.15, 0.2) is 5.78 Å². The Balaban J connectivity index is 1.39. The lowest BCUT2D eigenvalue weighted by Gasteiger charge is -2.32. The molecule has 1 aliphatic rings. The maximum absolute atomic E-state index is 14.4. The number of rotatable bonds is 17. The first-order valence-corrected chi connectivity index (χ1v) is 16.9. The molecule has 258 valence electrons. The molecule has 4 aromatic rings. The number of unbranched alkanes of at least 4 members (excludes halogenated alkanes) is 3. The van der Waals surface area contributed by atoms with Gasteiger partial charge in [-0.15, -0.1) is 0 Å². The van der Waals surface area contributed by atoms with E-state index in [0.717, 1.165) is 46.9 Å². The summed E-state index contributed by atoms with van der Waals surface area (Å²) in [6.07, 6.45) is 4.70. The number of Topliss-reactive ketones (excluding diaryl/α,β-unsaturated/α-hetero) is 1. The van der Waals surface area contributed by atoms with Gasteiger partial charge in [-0.3, -0.25) is 14.4 Å². The van der Waals surface area contributed by atoms with Crippen molar-refractivity contribution in [2.24, 2.45) is 5.73 Å². The third kappa shape index (κ3) is 10.0. The predicted molar refractivity (Wildman–Crippen MR) is 186 cm³/mol. The van der Waals surface area contributed by atoms with E-state index in [1.165, 1.54) is 0 Å². The van der Waals surface area contributed by atoms with Crippen molar-refractivity contribution in [2.75, 3.05) is 26.3 Å². The molecule has 5 rings (SSSR count). The van der Waals surface area contributed by atoms with Gasteiger partial charge in [0.2, 0.25) is 11.8 Å². The molecule has 49 heavy (non-hydrogen) atoms. The van der Waals surface area contributed by atoms with Crippen LogP contribution in [0.2, 0.25) is 0 Å². The molecular formula is C38H45N5O6. The molecule has 1 aromatic heterocycles. The number of ketones is 1. The minimum Gasteiger partial charge on any atom is -0.445 e. The van der Waals surface area contributed by atoms with Crippen LogP contribution in [0.15, 0.2) is 91.1 Å². The largest absolute Gasteiger partial charge is 0.445 e. The van der Waals surface area contributed by atoms with Crippen LogP contribution in [-0.4, -0.2) is 78.0 Å². The number of hydrogen-bond acceptors (Lipinski definition) is 7. The number of nitrogens with zero attached hydrogens (tertiary/aromatic N) is 1. The molecule has 0 bridgehead atoms. The number of carbonyl (C=O) groups is 4. The van der Waals surface area contributed by atoms with Crippen molar-refractivity contribution >= 4 is 34.6 Å². The van der Waals surface area contributed by atoms with Crippen LogP contribution in [-0.2, 0) is 43.3 Å². The summed E-state index contributed by atoms with van der Waals surface area (Å²) in [5.74, 6) is -1.09. The molecule has 3 atom stereocenters. The zero-order chi connectivity index (χ0) is 34.4. The molecule has 0 saturated carbocycles. The Bertz CT molecular complexity index is 1680. The number of fused-ring (bicyclic) bond motifs is 1. The summed E-state index contributed by atoms with van der Waals surface area (Å²) >= 11 is 0. The monoisotopic (exact) mass is 667 g/mol. The van der Waals surface area contributed by atoms with Gasteiger partial charge in [-0.2, -0.15) is 0 Å². The van der Waals surface area contributed by atoms with Crippen molar-refractivity contribution in [3.63, 3.8) is 0 Å². The highest BCUT2D eigenvalue weighted by Gasteiger charge is 2.38. The fourth-order valence-corrected chi connectivity index (χ4v) is 6.08. The Morgan fingerprint density at radius 3 is 2.27 bits per heavy atom. The summed E-state index contributed by atoms with van der Waals surface area (Å²) in [5, 5.41) is 6.62. The van der Waals surface area contributed by atoms with Crippen LogP contribution in [0, 0.1) is 0 Å². The number of carbonyl (C=O) groups excluding carboxylic acids is 4. The fourth-order valence-electron chi connectivity index (χ4n) is 6.08. The van der Waals surface area contributed by atoms with Crippen molar-refractivity contribution in [3.8, 4) is 0 Å². The first-order chi connectivity index (χ1) is 23.9. The zero-order valence-electron chi connectivity index (χ0n) is 27.6. The second-order valence-corrected chi connectivity index (χ2v) is 12.3. The standard InChI is InChI=1S/C38H45N5O6/c39-19-11-1-2-12-20-43(34-25-48-26-35(34)44)37(46)33(21-27-13-5-3-6-14-27)41-36(45)32(22-29-23-40-31-18-10-9-17-30(29)31)42-38(47)49-24-28-15-7-4-8-16-28/h3-10,13-18,23,32-34,40H,1-2,11-12,19-22,24-26,39H2,(H,41,45)(H,42,47)/t32-,33-,34?/m0/s1. The summed E-state index contributed by atoms with van der Waals surface area (Å²) in [5.41, 5.74) is 9.01. The van der Waals surface area contributed by atoms with Gasteiger partial charge in [0.25, 0.3) is 0 Å². The second-order valence-electron chi connectivity index (χ2n) is 12.3. The highest BCUT2D eigenvalue weighted by Crippen LogP contribution is 2.20. The van der Waals surface area contributed by atoms with E-state index < -0.39 is 30.1 Å². The van der Waals surface area contributed by atoms with Gasteiger partial charge in [-0.25, -0.2) is 4.79 Å². The Hall–Kier alpha value is -5.00. The average Bonchev–Trinajstić information content (AvgIpc) is 3.74. The summed E-state index contributed by atoms with van der Waals surface area (Å²) in [7, 11) is 0. The molecule has 11 heteroatoms. The minimum absolute atomic E-state index is 0.0287. The molecule has 2 heterocycles. The van der Waals surface area contributed by atoms with E-state index in [2.05, 4.69) is 15.6 Å². The third-order valence-electron chi connectivity index (χ3n) is 8.72. The van der Waals surface area contributed by atoms with Crippen molar-refractivity contribution in [2.45, 2.75) is 63.3 Å². The predicted octanol–water partition coefficient (Wildman–Crippen LogP) is 4.05. The van der Waals surface area contributed by atoms with Crippen LogP contribution in [0.1, 0.15) is 42.4 Å². The van der Waals surface area contributed by atoms with E-state index in [0.29, 0.717) is 19.5 Å². The maximum atomic E-state index is 14.4. The molecule has 3 amide bonds. The Morgan fingerprint density at radius 2 is 1.55 bits per heavy atom. The van der Waals surface area contributed by atoms with Crippen molar-refractivity contribution in [1.82, 2.24) is 20.5 Å². The van der Waals surface area contributed by atoms with E-state index in [1.807, 2.05) is 91.1 Å². The smallest absolute Gasteiger partial charge is 0.408 e. The molecule has 0 spiro atoms. The number of nitrogens with one attached hydrogen (secondary N) is 3. The quantitative estimate of drug-likeness (QED) is 0.124. The van der Waals surface area contributed by atoms with E-state index >= 15 is 0 Å². The molecule has 1 fully saturated rings. The Morgan fingerprint density at radius 1 is 0.857 bits per heavy atom. The third-order valence-corrected chi connectivity index (χ3v) is 8.72. The van der Waals surface area contributed by atoms with Crippen molar-refractivity contribution in [1.29, 1.82) is 0 Å². The number of nitrogens with two attached hydrogens (primary N) is 1. The number of alkyl carbamates (subject to hydrolysis) is 1. The minimum atomic E-state index is -1.07. The fraction of sp³-hybridized carbons (Fsp3) is 0.368. The van der Waals surface area contributed by atoms with Gasteiger partial charge in [0.05, 0.1) is 6.61 Å². The lowest BCUT2D eigenvalue weighted by atomic mass is 10.0. The number of amides is 3. The van der Waals surface area contributed by atoms with Gasteiger partial charge in [-0.1, -0.05) is 91.7 Å². The van der Waals surface area contributed by atoms with Crippen LogP contribution in [0.25, 0.3) is 10.9 Å². The number of ether oxygens (including phenoxy) is 2. The molecule has 5 N–H and O–H groups in total. The Labute approximate surface area is 286 Å². The normalized spacial score (nSPS) is 15.4. The summed E-state index contributed by atoms with van der Waals surface area (Å²) < 4.78 is 10.9. The van der Waals surface area contributed by atoms with E-state index in [1.54, 1.807) is 4.90 Å². The van der Waals surface area contributed by atoms with Gasteiger partial charge < -0.3 is 35.7 Å². The molecule has 1 unspecified atom stereocenters. The maximum Gasteiger partial charge on any atom is 0.408 e. The Kier molecular flexibility index (Phi) is 12.9. The molecule has 3 aromatic carbocycles. The van der Waals surface area contributed by atoms with E-state index in [9.17, 15) is 19.2 Å². The molecule has 0 aliphatic carbocycles. The topological polar surface area (TPSA) is 156 Å². The number of aromatic amines is 1. The van der Waals surface area contributed by atoms with Crippen LogP contribution in [0.5, 0.6) is 0 Å². The van der Waals surface area contributed by atoms with E-state index in [4.69, 9.17) is 15.2 Å². The summed E-state index contributed by atoms with van der Waals surface area (Å²) in [6, 6.07) is 23.5. The lowest BCUT2D eigenvalue weighted by molar-refractivity contribution is -0.141.